The van der Waals surface area contributed by atoms with Crippen LogP contribution in [-0.4, -0.2) is 31.2 Å². The first kappa shape index (κ1) is 20.1. The molecule has 1 aliphatic heterocycles. The Morgan fingerprint density at radius 1 is 1.25 bits per heavy atom. The second kappa shape index (κ2) is 9.55. The average Bonchev–Trinajstić information content (AvgIpc) is 3.12. The molecule has 3 rings (SSSR count). The molecule has 0 radical (unpaired) electrons. The lowest BCUT2D eigenvalue weighted by atomic mass is 10.1. The van der Waals surface area contributed by atoms with Crippen LogP contribution in [0, 0.1) is 6.92 Å². The molecule has 28 heavy (non-hydrogen) atoms. The van der Waals surface area contributed by atoms with E-state index < -0.39 is 0 Å². The molecule has 1 heterocycles. The van der Waals surface area contributed by atoms with Crippen LogP contribution in [-0.2, 0) is 11.2 Å². The normalized spacial score (nSPS) is 13.5. The molecule has 2 aromatic rings. The molecular weight excluding hydrogens is 370 g/mol. The summed E-state index contributed by atoms with van der Waals surface area (Å²) < 4.78 is 5.26. The number of methoxy groups -OCH3 is 1. The van der Waals surface area contributed by atoms with Crippen molar-refractivity contribution in [3.63, 3.8) is 0 Å². The molecule has 0 unspecified atom stereocenters. The van der Waals surface area contributed by atoms with Crippen molar-refractivity contribution in [1.82, 2.24) is 5.32 Å². The van der Waals surface area contributed by atoms with Crippen LogP contribution in [0.3, 0.4) is 0 Å². The van der Waals surface area contributed by atoms with Gasteiger partial charge in [-0.15, -0.1) is 0 Å². The zero-order valence-corrected chi connectivity index (χ0v) is 17.3. The maximum atomic E-state index is 12.1. The first-order chi connectivity index (χ1) is 13.6. The minimum atomic E-state index is 0.193. The van der Waals surface area contributed by atoms with Crippen LogP contribution in [0.1, 0.15) is 30.4 Å². The Kier molecular flexibility index (Phi) is 6.87. The van der Waals surface area contributed by atoms with E-state index >= 15 is 0 Å². The number of ether oxygens (including phenoxy) is 1. The van der Waals surface area contributed by atoms with Gasteiger partial charge in [0.1, 0.15) is 5.75 Å². The second-order valence-corrected chi connectivity index (χ2v) is 7.39. The Hall–Kier alpha value is -2.60. The third kappa shape index (κ3) is 5.23. The van der Waals surface area contributed by atoms with E-state index in [1.807, 2.05) is 42.2 Å². The molecule has 0 saturated carbocycles. The van der Waals surface area contributed by atoms with Gasteiger partial charge in [-0.1, -0.05) is 18.2 Å². The van der Waals surface area contributed by atoms with E-state index in [9.17, 15) is 4.79 Å². The van der Waals surface area contributed by atoms with Gasteiger partial charge in [-0.3, -0.25) is 4.79 Å². The summed E-state index contributed by atoms with van der Waals surface area (Å²) in [5, 5.41) is 7.07. The van der Waals surface area contributed by atoms with E-state index in [1.165, 1.54) is 5.56 Å². The van der Waals surface area contributed by atoms with Gasteiger partial charge < -0.3 is 20.3 Å². The van der Waals surface area contributed by atoms with Gasteiger partial charge in [0.2, 0.25) is 5.91 Å². The summed E-state index contributed by atoms with van der Waals surface area (Å²) in [6.07, 6.45) is 3.47. The molecular formula is C22H27N3O2S. The summed E-state index contributed by atoms with van der Waals surface area (Å²) in [7, 11) is 1.68. The minimum absolute atomic E-state index is 0.193. The molecule has 0 aromatic heterocycles. The van der Waals surface area contributed by atoms with E-state index in [0.717, 1.165) is 55.0 Å². The van der Waals surface area contributed by atoms with Gasteiger partial charge in [-0.05, 0) is 73.8 Å². The molecule has 0 atom stereocenters. The smallest absolute Gasteiger partial charge is 0.227 e. The summed E-state index contributed by atoms with van der Waals surface area (Å²) >= 11 is 5.42. The third-order valence-electron chi connectivity index (χ3n) is 4.89. The zero-order chi connectivity index (χ0) is 19.9. The number of carbonyl (C=O) groups is 1. The standard InChI is InChI=1S/C22H27N3O2S/c1-16-10-11-18(15-20(16)25-13-5-9-21(25)26)24-22(28)23-12-4-7-17-6-3-8-19(14-17)27-2/h3,6,8,10-11,14-15H,4-5,7,9,12-13H2,1-2H3,(H2,23,24,28). The van der Waals surface area contributed by atoms with E-state index in [1.54, 1.807) is 7.11 Å². The highest BCUT2D eigenvalue weighted by Gasteiger charge is 2.23. The Morgan fingerprint density at radius 3 is 2.86 bits per heavy atom. The summed E-state index contributed by atoms with van der Waals surface area (Å²) in [4.78, 5) is 13.9. The molecule has 1 aliphatic rings. The molecule has 0 aliphatic carbocycles. The zero-order valence-electron chi connectivity index (χ0n) is 16.5. The van der Waals surface area contributed by atoms with Crippen molar-refractivity contribution in [2.45, 2.75) is 32.6 Å². The lowest BCUT2D eigenvalue weighted by molar-refractivity contribution is -0.117. The fraction of sp³-hybridized carbons (Fsp3) is 0.364. The van der Waals surface area contributed by atoms with Crippen molar-refractivity contribution in [3.05, 3.63) is 53.6 Å². The molecule has 2 N–H and O–H groups in total. The van der Waals surface area contributed by atoms with Gasteiger partial charge in [0.25, 0.3) is 0 Å². The molecule has 1 saturated heterocycles. The average molecular weight is 398 g/mol. The topological polar surface area (TPSA) is 53.6 Å². The van der Waals surface area contributed by atoms with Crippen molar-refractivity contribution >= 4 is 34.6 Å². The molecule has 1 fully saturated rings. The molecule has 6 heteroatoms. The van der Waals surface area contributed by atoms with Crippen LogP contribution in [0.4, 0.5) is 11.4 Å². The van der Waals surface area contributed by atoms with E-state index in [0.29, 0.717) is 11.5 Å². The van der Waals surface area contributed by atoms with E-state index in [-0.39, 0.29) is 5.91 Å². The van der Waals surface area contributed by atoms with Crippen LogP contribution >= 0.6 is 12.2 Å². The summed E-state index contributed by atoms with van der Waals surface area (Å²) in [6.45, 7) is 3.60. The Morgan fingerprint density at radius 2 is 2.11 bits per heavy atom. The number of hydrogen-bond donors (Lipinski definition) is 2. The highest BCUT2D eigenvalue weighted by Crippen LogP contribution is 2.28. The number of amides is 1. The molecule has 2 aromatic carbocycles. The van der Waals surface area contributed by atoms with Crippen molar-refractivity contribution in [2.24, 2.45) is 0 Å². The van der Waals surface area contributed by atoms with Crippen molar-refractivity contribution in [1.29, 1.82) is 0 Å². The molecule has 148 valence electrons. The number of benzene rings is 2. The van der Waals surface area contributed by atoms with Gasteiger partial charge in [0.15, 0.2) is 5.11 Å². The number of rotatable bonds is 7. The van der Waals surface area contributed by atoms with Gasteiger partial charge in [-0.25, -0.2) is 0 Å². The monoisotopic (exact) mass is 397 g/mol. The maximum absolute atomic E-state index is 12.1. The fourth-order valence-corrected chi connectivity index (χ4v) is 3.60. The number of anilines is 2. The molecule has 5 nitrogen and oxygen atoms in total. The Labute approximate surface area is 172 Å². The van der Waals surface area contributed by atoms with Gasteiger partial charge in [-0.2, -0.15) is 0 Å². The number of aryl methyl sites for hydroxylation is 2. The van der Waals surface area contributed by atoms with Crippen molar-refractivity contribution < 1.29 is 9.53 Å². The quantitative estimate of drug-likeness (QED) is 0.545. The van der Waals surface area contributed by atoms with Crippen LogP contribution in [0.25, 0.3) is 0 Å². The highest BCUT2D eigenvalue weighted by atomic mass is 32.1. The van der Waals surface area contributed by atoms with E-state index in [4.69, 9.17) is 17.0 Å². The third-order valence-corrected chi connectivity index (χ3v) is 5.14. The largest absolute Gasteiger partial charge is 0.497 e. The number of carbonyl (C=O) groups excluding carboxylic acids is 1. The van der Waals surface area contributed by atoms with Crippen LogP contribution in [0.2, 0.25) is 0 Å². The number of hydrogen-bond acceptors (Lipinski definition) is 3. The van der Waals surface area contributed by atoms with E-state index in [2.05, 4.69) is 22.8 Å². The first-order valence-corrected chi connectivity index (χ1v) is 10.1. The minimum Gasteiger partial charge on any atom is -0.497 e. The molecule has 0 bridgehead atoms. The number of nitrogens with one attached hydrogen (secondary N) is 2. The summed E-state index contributed by atoms with van der Waals surface area (Å²) in [5.41, 5.74) is 4.20. The van der Waals surface area contributed by atoms with Crippen LogP contribution < -0.4 is 20.3 Å². The van der Waals surface area contributed by atoms with Gasteiger partial charge >= 0.3 is 0 Å². The predicted molar refractivity (Wildman–Crippen MR) is 118 cm³/mol. The second-order valence-electron chi connectivity index (χ2n) is 6.99. The SMILES string of the molecule is COc1cccc(CCCNC(=S)Nc2ccc(C)c(N3CCCC3=O)c2)c1. The fourth-order valence-electron chi connectivity index (χ4n) is 3.38. The van der Waals surface area contributed by atoms with Crippen molar-refractivity contribution in [3.8, 4) is 5.75 Å². The lowest BCUT2D eigenvalue weighted by Gasteiger charge is -2.20. The summed E-state index contributed by atoms with van der Waals surface area (Å²) in [5.74, 6) is 1.08. The summed E-state index contributed by atoms with van der Waals surface area (Å²) in [6, 6.07) is 14.1. The van der Waals surface area contributed by atoms with Crippen LogP contribution in [0.5, 0.6) is 5.75 Å². The van der Waals surface area contributed by atoms with Gasteiger partial charge in [0.05, 0.1) is 7.11 Å². The highest BCUT2D eigenvalue weighted by molar-refractivity contribution is 7.80. The Bertz CT molecular complexity index is 853. The van der Waals surface area contributed by atoms with Crippen LogP contribution in [0.15, 0.2) is 42.5 Å². The number of thiocarbonyl (C=S) groups is 1. The Balaban J connectivity index is 1.49. The van der Waals surface area contributed by atoms with Gasteiger partial charge in [0, 0.05) is 30.9 Å². The molecule has 0 spiro atoms. The lowest BCUT2D eigenvalue weighted by Crippen LogP contribution is -2.30. The maximum Gasteiger partial charge on any atom is 0.227 e. The van der Waals surface area contributed by atoms with Crippen molar-refractivity contribution in [2.75, 3.05) is 30.4 Å². The molecule has 1 amide bonds. The first-order valence-electron chi connectivity index (χ1n) is 9.65. The predicted octanol–water partition coefficient (Wildman–Crippen LogP) is 4.05. The number of nitrogens with zero attached hydrogens (tertiary/aromatic N) is 1.